The normalized spacial score (nSPS) is 20.9. The summed E-state index contributed by atoms with van der Waals surface area (Å²) in [6.45, 7) is 4.31. The maximum absolute atomic E-state index is 12.3. The van der Waals surface area contributed by atoms with Crippen molar-refractivity contribution >= 4 is 28.4 Å². The van der Waals surface area contributed by atoms with Crippen LogP contribution >= 0.6 is 11.5 Å². The molecule has 0 saturated heterocycles. The lowest BCUT2D eigenvalue weighted by molar-refractivity contribution is -0.121. The van der Waals surface area contributed by atoms with Gasteiger partial charge in [-0.1, -0.05) is 0 Å². The second kappa shape index (κ2) is 6.53. The minimum absolute atomic E-state index is 0.0684. The number of carbonyl (C=O) groups is 2. The first kappa shape index (κ1) is 15.9. The van der Waals surface area contributed by atoms with E-state index in [9.17, 15) is 14.7 Å². The highest BCUT2D eigenvalue weighted by molar-refractivity contribution is 7.11. The fourth-order valence-corrected chi connectivity index (χ4v) is 3.41. The van der Waals surface area contributed by atoms with Gasteiger partial charge in [-0.05, 0) is 44.1 Å². The van der Waals surface area contributed by atoms with Crippen LogP contribution in [0.2, 0.25) is 0 Å². The van der Waals surface area contributed by atoms with Crippen molar-refractivity contribution < 1.29 is 19.4 Å². The number of carbonyl (C=O) groups excluding carboxylic acids is 1. The molecule has 116 valence electrons. The van der Waals surface area contributed by atoms with Gasteiger partial charge in [-0.3, -0.25) is 4.79 Å². The van der Waals surface area contributed by atoms with Crippen LogP contribution in [0.3, 0.4) is 0 Å². The molecule has 1 aromatic rings. The minimum atomic E-state index is -1.05. The number of ether oxygens (including phenoxy) is 1. The summed E-state index contributed by atoms with van der Waals surface area (Å²) in [5, 5.41) is 9.62. The molecular formula is C14H20N2O4S. The molecule has 0 unspecified atom stereocenters. The van der Waals surface area contributed by atoms with Crippen LogP contribution in [0.1, 0.15) is 42.2 Å². The zero-order valence-electron chi connectivity index (χ0n) is 12.5. The van der Waals surface area contributed by atoms with E-state index in [1.165, 1.54) is 4.90 Å². The summed E-state index contributed by atoms with van der Waals surface area (Å²) >= 11 is 1.05. The van der Waals surface area contributed by atoms with Crippen molar-refractivity contribution in [1.82, 2.24) is 4.37 Å². The third-order valence-corrected chi connectivity index (χ3v) is 4.81. The highest BCUT2D eigenvalue weighted by atomic mass is 32.1. The number of aryl methyl sites for hydroxylation is 1. The number of anilines is 1. The Kier molecular flexibility index (Phi) is 4.95. The lowest BCUT2D eigenvalue weighted by Crippen LogP contribution is -2.36. The number of aromatic nitrogens is 1. The number of hydrogen-bond acceptors (Lipinski definition) is 5. The Hall–Kier alpha value is -1.47. The Morgan fingerprint density at radius 2 is 2.14 bits per heavy atom. The van der Waals surface area contributed by atoms with Gasteiger partial charge in [-0.25, -0.2) is 4.79 Å². The van der Waals surface area contributed by atoms with E-state index in [2.05, 4.69) is 4.37 Å². The Morgan fingerprint density at radius 3 is 2.71 bits per heavy atom. The quantitative estimate of drug-likeness (QED) is 0.872. The zero-order valence-corrected chi connectivity index (χ0v) is 13.3. The molecule has 21 heavy (non-hydrogen) atoms. The molecule has 1 N–H and O–H groups in total. The molecule has 1 aliphatic carbocycles. The molecule has 2 rings (SSSR count). The zero-order chi connectivity index (χ0) is 15.6. The number of amides is 1. The van der Waals surface area contributed by atoms with Crippen molar-refractivity contribution in [2.24, 2.45) is 5.92 Å². The molecule has 0 bridgehead atoms. The number of carboxylic acid groups (broad SMARTS) is 1. The molecule has 1 amide bonds. The average molecular weight is 312 g/mol. The smallest absolute Gasteiger partial charge is 0.340 e. The average Bonchev–Trinajstić information content (AvgIpc) is 2.77. The molecular weight excluding hydrogens is 292 g/mol. The Labute approximate surface area is 127 Å². The first-order chi connectivity index (χ1) is 9.93. The monoisotopic (exact) mass is 312 g/mol. The summed E-state index contributed by atoms with van der Waals surface area (Å²) in [7, 11) is 1.61. The fourth-order valence-electron chi connectivity index (χ4n) is 2.54. The number of nitrogens with zero attached hydrogens (tertiary/aromatic N) is 2. The topological polar surface area (TPSA) is 79.7 Å². The summed E-state index contributed by atoms with van der Waals surface area (Å²) in [4.78, 5) is 24.9. The van der Waals surface area contributed by atoms with E-state index in [4.69, 9.17) is 4.74 Å². The molecule has 0 aliphatic heterocycles. The van der Waals surface area contributed by atoms with Gasteiger partial charge >= 0.3 is 5.97 Å². The van der Waals surface area contributed by atoms with Crippen molar-refractivity contribution in [1.29, 1.82) is 0 Å². The molecule has 0 aromatic carbocycles. The van der Waals surface area contributed by atoms with Crippen LogP contribution in [0.4, 0.5) is 5.00 Å². The summed E-state index contributed by atoms with van der Waals surface area (Å²) in [5.74, 6) is -0.782. The largest absolute Gasteiger partial charge is 0.478 e. The Bertz CT molecular complexity index is 537. The number of rotatable bonds is 6. The van der Waals surface area contributed by atoms with Crippen LogP contribution in [0, 0.1) is 12.8 Å². The highest BCUT2D eigenvalue weighted by Gasteiger charge is 2.33. The molecule has 7 heteroatoms. The number of carboxylic acids is 1. The molecule has 0 radical (unpaired) electrons. The maximum Gasteiger partial charge on any atom is 0.340 e. The Balaban J connectivity index is 1.96. The third kappa shape index (κ3) is 3.41. The van der Waals surface area contributed by atoms with Gasteiger partial charge in [-0.2, -0.15) is 4.37 Å². The van der Waals surface area contributed by atoms with Crippen LogP contribution in [0.15, 0.2) is 0 Å². The second-order valence-electron chi connectivity index (χ2n) is 5.32. The standard InChI is InChI=1S/C14H20N2O4S/c1-4-20-10-5-9(6-10)7-11(17)16(3)13-12(14(18)19)8(2)15-21-13/h9-10H,4-7H2,1-3H3,(H,18,19). The molecule has 0 atom stereocenters. The van der Waals surface area contributed by atoms with Crippen LogP contribution < -0.4 is 4.90 Å². The fraction of sp³-hybridized carbons (Fsp3) is 0.643. The SMILES string of the molecule is CCOC1CC(CC(=O)N(C)c2snc(C)c2C(=O)O)C1. The van der Waals surface area contributed by atoms with Gasteiger partial charge in [0.15, 0.2) is 0 Å². The molecule has 1 aliphatic rings. The van der Waals surface area contributed by atoms with Crippen molar-refractivity contribution in [3.8, 4) is 0 Å². The lowest BCUT2D eigenvalue weighted by atomic mass is 9.80. The number of aromatic carboxylic acids is 1. The van der Waals surface area contributed by atoms with Gasteiger partial charge in [0, 0.05) is 20.1 Å². The van der Waals surface area contributed by atoms with Gasteiger partial charge in [0.05, 0.1) is 11.8 Å². The molecule has 1 saturated carbocycles. The molecule has 6 nitrogen and oxygen atoms in total. The minimum Gasteiger partial charge on any atom is -0.478 e. The van der Waals surface area contributed by atoms with Crippen molar-refractivity contribution in [2.45, 2.75) is 39.2 Å². The van der Waals surface area contributed by atoms with E-state index < -0.39 is 5.97 Å². The van der Waals surface area contributed by atoms with E-state index in [0.29, 0.717) is 29.6 Å². The predicted octanol–water partition coefficient (Wildman–Crippen LogP) is 2.32. The predicted molar refractivity (Wildman–Crippen MR) is 80.0 cm³/mol. The number of hydrogen-bond donors (Lipinski definition) is 1. The second-order valence-corrected chi connectivity index (χ2v) is 6.08. The summed E-state index contributed by atoms with van der Waals surface area (Å²) in [5.41, 5.74) is 0.568. The van der Waals surface area contributed by atoms with Gasteiger partial charge in [0.1, 0.15) is 10.6 Å². The summed E-state index contributed by atoms with van der Waals surface area (Å²) in [6, 6.07) is 0. The van der Waals surface area contributed by atoms with Gasteiger partial charge in [-0.15, -0.1) is 0 Å². The van der Waals surface area contributed by atoms with Gasteiger partial charge < -0.3 is 14.7 Å². The molecule has 0 spiro atoms. The van der Waals surface area contributed by atoms with Crippen LogP contribution in [0.25, 0.3) is 0 Å². The first-order valence-electron chi connectivity index (χ1n) is 7.01. The lowest BCUT2D eigenvalue weighted by Gasteiger charge is -2.35. The van der Waals surface area contributed by atoms with Crippen LogP contribution in [-0.4, -0.2) is 41.1 Å². The van der Waals surface area contributed by atoms with E-state index in [1.807, 2.05) is 6.92 Å². The van der Waals surface area contributed by atoms with Crippen molar-refractivity contribution in [2.75, 3.05) is 18.6 Å². The summed E-state index contributed by atoms with van der Waals surface area (Å²) in [6.07, 6.45) is 2.51. The van der Waals surface area contributed by atoms with Gasteiger partial charge in [0.2, 0.25) is 5.91 Å². The van der Waals surface area contributed by atoms with Crippen molar-refractivity contribution in [3.63, 3.8) is 0 Å². The maximum atomic E-state index is 12.3. The highest BCUT2D eigenvalue weighted by Crippen LogP contribution is 2.34. The Morgan fingerprint density at radius 1 is 1.48 bits per heavy atom. The van der Waals surface area contributed by atoms with Crippen molar-refractivity contribution in [3.05, 3.63) is 11.3 Å². The third-order valence-electron chi connectivity index (χ3n) is 3.80. The van der Waals surface area contributed by atoms with E-state index in [0.717, 1.165) is 24.4 Å². The van der Waals surface area contributed by atoms with E-state index in [-0.39, 0.29) is 17.6 Å². The van der Waals surface area contributed by atoms with E-state index >= 15 is 0 Å². The molecule has 1 aromatic heterocycles. The summed E-state index contributed by atoms with van der Waals surface area (Å²) < 4.78 is 9.52. The van der Waals surface area contributed by atoms with E-state index in [1.54, 1.807) is 14.0 Å². The molecule has 1 fully saturated rings. The van der Waals surface area contributed by atoms with Crippen LogP contribution in [0.5, 0.6) is 0 Å². The van der Waals surface area contributed by atoms with Gasteiger partial charge in [0.25, 0.3) is 0 Å². The first-order valence-corrected chi connectivity index (χ1v) is 7.79. The molecule has 1 heterocycles. The van der Waals surface area contributed by atoms with Crippen LogP contribution in [-0.2, 0) is 9.53 Å².